The number of nitrogens with one attached hydrogen (secondary N) is 1. The normalized spacial score (nSPS) is 15.3. The lowest BCUT2D eigenvalue weighted by molar-refractivity contribution is -0.143. The van der Waals surface area contributed by atoms with Crippen molar-refractivity contribution in [3.05, 3.63) is 69.1 Å². The molecular weight excluding hydrogens is 392 g/mol. The average molecular weight is 425 g/mol. The van der Waals surface area contributed by atoms with E-state index in [4.69, 9.17) is 4.74 Å². The van der Waals surface area contributed by atoms with Crippen LogP contribution in [0.25, 0.3) is 0 Å². The summed E-state index contributed by atoms with van der Waals surface area (Å²) in [5, 5.41) is 2.71. The van der Waals surface area contributed by atoms with E-state index in [1.807, 2.05) is 19.9 Å². The number of amides is 1. The van der Waals surface area contributed by atoms with Crippen LogP contribution >= 0.6 is 0 Å². The van der Waals surface area contributed by atoms with Gasteiger partial charge in [-0.25, -0.2) is 4.79 Å². The Morgan fingerprint density at radius 3 is 2.45 bits per heavy atom. The molecule has 6 nitrogen and oxygen atoms in total. The van der Waals surface area contributed by atoms with Gasteiger partial charge < -0.3 is 14.6 Å². The zero-order valence-corrected chi connectivity index (χ0v) is 18.6. The van der Waals surface area contributed by atoms with E-state index in [1.54, 1.807) is 34.9 Å². The minimum atomic E-state index is -0.976. The van der Waals surface area contributed by atoms with Crippen molar-refractivity contribution in [2.75, 3.05) is 7.11 Å². The number of nitrogens with zero attached hydrogens (tertiary/aromatic N) is 1. The summed E-state index contributed by atoms with van der Waals surface area (Å²) in [5.41, 5.74) is 2.27. The second kappa shape index (κ2) is 10.4. The summed E-state index contributed by atoms with van der Waals surface area (Å²) in [4.78, 5) is 38.8. The van der Waals surface area contributed by atoms with Crippen molar-refractivity contribution in [3.63, 3.8) is 0 Å². The molecule has 1 aliphatic rings. The van der Waals surface area contributed by atoms with Crippen LogP contribution in [0.2, 0.25) is 0 Å². The number of aromatic nitrogens is 1. The summed E-state index contributed by atoms with van der Waals surface area (Å²) >= 11 is 0. The minimum absolute atomic E-state index is 0.0651. The summed E-state index contributed by atoms with van der Waals surface area (Å²) in [6.45, 7) is 4.60. The molecule has 1 amide bonds. The highest BCUT2D eigenvalue weighted by atomic mass is 16.5. The Hall–Kier alpha value is -2.89. The quantitative estimate of drug-likeness (QED) is 0.683. The van der Waals surface area contributed by atoms with Gasteiger partial charge in [0.2, 0.25) is 0 Å². The molecular formula is C25H32N2O4. The smallest absolute Gasteiger partial charge is 0.333 e. The van der Waals surface area contributed by atoms with E-state index < -0.39 is 17.9 Å². The largest absolute Gasteiger partial charge is 0.467 e. The molecule has 1 N–H and O–H groups in total. The lowest BCUT2D eigenvalue weighted by Gasteiger charge is -2.25. The molecule has 0 bridgehead atoms. The number of ether oxygens (including phenoxy) is 1. The van der Waals surface area contributed by atoms with Gasteiger partial charge in [-0.1, -0.05) is 56.5 Å². The van der Waals surface area contributed by atoms with Crippen LogP contribution in [0, 0.1) is 12.8 Å². The first-order chi connectivity index (χ1) is 15.0. The van der Waals surface area contributed by atoms with E-state index in [0.29, 0.717) is 18.0 Å². The highest BCUT2D eigenvalue weighted by Crippen LogP contribution is 2.25. The fourth-order valence-electron chi connectivity index (χ4n) is 4.55. The first-order valence-electron chi connectivity index (χ1n) is 11.1. The number of pyridine rings is 1. The van der Waals surface area contributed by atoms with Gasteiger partial charge in [-0.15, -0.1) is 0 Å². The van der Waals surface area contributed by atoms with Crippen molar-refractivity contribution in [1.29, 1.82) is 0 Å². The van der Waals surface area contributed by atoms with Gasteiger partial charge in [-0.3, -0.25) is 9.59 Å². The summed E-state index contributed by atoms with van der Waals surface area (Å²) in [6, 6.07) is 9.56. The monoisotopic (exact) mass is 424 g/mol. The topological polar surface area (TPSA) is 77.4 Å². The fraction of sp³-hybridized carbons (Fsp3) is 0.480. The Morgan fingerprint density at radius 2 is 1.84 bits per heavy atom. The predicted molar refractivity (Wildman–Crippen MR) is 120 cm³/mol. The van der Waals surface area contributed by atoms with E-state index in [2.05, 4.69) is 5.32 Å². The Bertz CT molecular complexity index is 975. The molecule has 3 rings (SSSR count). The van der Waals surface area contributed by atoms with Crippen molar-refractivity contribution < 1.29 is 14.3 Å². The molecule has 1 saturated carbocycles. The summed E-state index contributed by atoms with van der Waals surface area (Å²) in [5.74, 6) is -0.682. The summed E-state index contributed by atoms with van der Waals surface area (Å²) in [6.07, 6.45) is 6.59. The molecule has 1 aromatic heterocycles. The van der Waals surface area contributed by atoms with Crippen LogP contribution in [-0.4, -0.2) is 23.6 Å². The van der Waals surface area contributed by atoms with Crippen LogP contribution in [0.4, 0.5) is 0 Å². The number of carbonyl (C=O) groups excluding carboxylic acids is 2. The van der Waals surface area contributed by atoms with Crippen LogP contribution in [0.1, 0.15) is 72.2 Å². The molecule has 31 heavy (non-hydrogen) atoms. The summed E-state index contributed by atoms with van der Waals surface area (Å²) < 4.78 is 6.67. The van der Waals surface area contributed by atoms with Gasteiger partial charge in [0.05, 0.1) is 7.11 Å². The van der Waals surface area contributed by atoms with Crippen molar-refractivity contribution in [3.8, 4) is 0 Å². The highest BCUT2D eigenvalue weighted by molar-refractivity contribution is 5.97. The molecule has 0 saturated heterocycles. The van der Waals surface area contributed by atoms with Gasteiger partial charge in [0, 0.05) is 12.2 Å². The second-order valence-corrected chi connectivity index (χ2v) is 8.30. The van der Waals surface area contributed by atoms with E-state index in [1.165, 1.54) is 26.4 Å². The third-order valence-corrected chi connectivity index (χ3v) is 6.21. The van der Waals surface area contributed by atoms with Crippen molar-refractivity contribution in [2.45, 2.75) is 65.0 Å². The Kier molecular flexibility index (Phi) is 7.66. The molecule has 1 aromatic carbocycles. The molecule has 1 heterocycles. The Balaban J connectivity index is 1.94. The zero-order chi connectivity index (χ0) is 22.4. The van der Waals surface area contributed by atoms with Crippen molar-refractivity contribution >= 4 is 11.9 Å². The van der Waals surface area contributed by atoms with E-state index in [-0.39, 0.29) is 11.1 Å². The molecule has 0 aliphatic heterocycles. The molecule has 1 unspecified atom stereocenters. The maximum absolute atomic E-state index is 13.4. The molecule has 2 aromatic rings. The van der Waals surface area contributed by atoms with Gasteiger partial charge in [0.15, 0.2) is 6.04 Å². The molecule has 1 aliphatic carbocycles. The molecule has 1 fully saturated rings. The standard InChI is InChI=1S/C25H32N2O4/c1-4-21-17(2)15-20(24(29)27(21)16-18-11-7-5-8-12-18)23(28)26-22(25(30)31-3)19-13-9-6-10-14-19/h6,9-10,13-15,18,22H,4-5,7-8,11-12,16H2,1-3H3,(H,26,28). The van der Waals surface area contributed by atoms with Crippen LogP contribution in [-0.2, 0) is 22.5 Å². The summed E-state index contributed by atoms with van der Waals surface area (Å²) in [7, 11) is 1.28. The van der Waals surface area contributed by atoms with Gasteiger partial charge in [-0.05, 0) is 49.3 Å². The maximum atomic E-state index is 13.4. The second-order valence-electron chi connectivity index (χ2n) is 8.30. The number of hydrogen-bond acceptors (Lipinski definition) is 4. The minimum Gasteiger partial charge on any atom is -0.467 e. The number of esters is 1. The van der Waals surface area contributed by atoms with Crippen molar-refractivity contribution in [2.24, 2.45) is 5.92 Å². The molecule has 0 radical (unpaired) electrons. The first kappa shape index (κ1) is 22.8. The Labute approximate surface area is 183 Å². The van der Waals surface area contributed by atoms with E-state index in [0.717, 1.165) is 30.5 Å². The van der Waals surface area contributed by atoms with Crippen molar-refractivity contribution in [1.82, 2.24) is 9.88 Å². The SMILES string of the molecule is CCc1c(C)cc(C(=O)NC(C(=O)OC)c2ccccc2)c(=O)n1CC1CCCCC1. The lowest BCUT2D eigenvalue weighted by atomic mass is 9.89. The maximum Gasteiger partial charge on any atom is 0.333 e. The highest BCUT2D eigenvalue weighted by Gasteiger charge is 2.27. The van der Waals surface area contributed by atoms with Gasteiger partial charge in [0.1, 0.15) is 5.56 Å². The molecule has 166 valence electrons. The number of rotatable bonds is 7. The number of methoxy groups -OCH3 is 1. The van der Waals surface area contributed by atoms with Crippen LogP contribution < -0.4 is 10.9 Å². The molecule has 6 heteroatoms. The third-order valence-electron chi connectivity index (χ3n) is 6.21. The number of hydrogen-bond donors (Lipinski definition) is 1. The third kappa shape index (κ3) is 5.24. The molecule has 0 spiro atoms. The predicted octanol–water partition coefficient (Wildman–Crippen LogP) is 3.94. The fourth-order valence-corrected chi connectivity index (χ4v) is 4.55. The first-order valence-corrected chi connectivity index (χ1v) is 11.1. The van der Waals surface area contributed by atoms with Crippen LogP contribution in [0.15, 0.2) is 41.2 Å². The number of carbonyl (C=O) groups is 2. The number of aryl methyl sites for hydroxylation is 1. The van der Waals surface area contributed by atoms with Crippen LogP contribution in [0.3, 0.4) is 0 Å². The Morgan fingerprint density at radius 1 is 1.16 bits per heavy atom. The molecule has 1 atom stereocenters. The van der Waals surface area contributed by atoms with E-state index >= 15 is 0 Å². The lowest BCUT2D eigenvalue weighted by Crippen LogP contribution is -2.40. The zero-order valence-electron chi connectivity index (χ0n) is 18.6. The average Bonchev–Trinajstić information content (AvgIpc) is 2.80. The van der Waals surface area contributed by atoms with Crippen LogP contribution in [0.5, 0.6) is 0 Å². The number of benzene rings is 1. The van der Waals surface area contributed by atoms with E-state index in [9.17, 15) is 14.4 Å². The van der Waals surface area contributed by atoms with Gasteiger partial charge in [-0.2, -0.15) is 0 Å². The van der Waals surface area contributed by atoms with Gasteiger partial charge >= 0.3 is 5.97 Å². The van der Waals surface area contributed by atoms with Gasteiger partial charge in [0.25, 0.3) is 11.5 Å².